The lowest BCUT2D eigenvalue weighted by Gasteiger charge is -2.28. The molecule has 3 heteroatoms. The van der Waals surface area contributed by atoms with E-state index in [9.17, 15) is 0 Å². The topological polar surface area (TPSA) is 21.3 Å². The monoisotopic (exact) mass is 728 g/mol. The average molecular weight is 729 g/mol. The molecule has 3 nitrogen and oxygen atoms in total. The molecule has 268 valence electrons. The molecule has 0 aliphatic heterocycles. The second-order valence-corrected chi connectivity index (χ2v) is 14.5. The lowest BCUT2D eigenvalue weighted by atomic mass is 9.99. The van der Waals surface area contributed by atoms with Crippen LogP contribution in [0.2, 0.25) is 0 Å². The number of hydrogen-bond donors (Lipinski definition) is 0. The van der Waals surface area contributed by atoms with Crippen molar-refractivity contribution in [1.82, 2.24) is 4.57 Å². The highest BCUT2D eigenvalue weighted by atomic mass is 16.3. The maximum atomic E-state index is 6.42. The molecule has 0 radical (unpaired) electrons. The van der Waals surface area contributed by atoms with Crippen molar-refractivity contribution in [2.24, 2.45) is 0 Å². The molecule has 0 aliphatic carbocycles. The Morgan fingerprint density at radius 2 is 0.877 bits per heavy atom. The van der Waals surface area contributed by atoms with Gasteiger partial charge < -0.3 is 13.9 Å². The van der Waals surface area contributed by atoms with Gasteiger partial charge in [-0.05, 0) is 82.9 Å². The van der Waals surface area contributed by atoms with E-state index in [0.717, 1.165) is 66.9 Å². The number of aromatic nitrogens is 1. The molecule has 0 bridgehead atoms. The Kier molecular flexibility index (Phi) is 7.82. The van der Waals surface area contributed by atoms with E-state index in [2.05, 4.69) is 216 Å². The fourth-order valence-corrected chi connectivity index (χ4v) is 8.55. The maximum absolute atomic E-state index is 6.42. The van der Waals surface area contributed by atoms with E-state index in [4.69, 9.17) is 4.42 Å². The fourth-order valence-electron chi connectivity index (χ4n) is 8.55. The van der Waals surface area contributed by atoms with Crippen molar-refractivity contribution in [1.29, 1.82) is 0 Å². The Morgan fingerprint density at radius 1 is 0.351 bits per heavy atom. The molecule has 11 aromatic rings. The average Bonchev–Trinajstić information content (AvgIpc) is 3.84. The van der Waals surface area contributed by atoms with E-state index in [1.165, 1.54) is 32.9 Å². The molecular formula is C54H36N2O. The molecule has 0 aliphatic rings. The quantitative estimate of drug-likeness (QED) is 0.163. The van der Waals surface area contributed by atoms with Gasteiger partial charge in [-0.15, -0.1) is 0 Å². The number of benzene rings is 9. The van der Waals surface area contributed by atoms with Crippen LogP contribution in [0.1, 0.15) is 0 Å². The number of rotatable bonds is 7. The van der Waals surface area contributed by atoms with Crippen LogP contribution in [0.3, 0.4) is 0 Å². The lowest BCUT2D eigenvalue weighted by molar-refractivity contribution is 0.670. The lowest BCUT2D eigenvalue weighted by Crippen LogP contribution is -2.11. The zero-order chi connectivity index (χ0) is 37.7. The van der Waals surface area contributed by atoms with E-state index < -0.39 is 0 Å². The Balaban J connectivity index is 1.00. The SMILES string of the molecule is c1ccc(-c2ccccc2N(c2ccc(-c3cccc(-n4c5ccccc5c5ccccc54)c3)cc2)c2ccc(-c3cccc4c3oc3ccccc34)cc2)cc1. The first-order valence-electron chi connectivity index (χ1n) is 19.4. The fraction of sp³-hybridized carbons (Fsp3) is 0. The molecule has 0 N–H and O–H groups in total. The van der Waals surface area contributed by atoms with Crippen molar-refractivity contribution in [2.75, 3.05) is 4.90 Å². The van der Waals surface area contributed by atoms with Gasteiger partial charge in [-0.2, -0.15) is 0 Å². The van der Waals surface area contributed by atoms with E-state index >= 15 is 0 Å². The third-order valence-electron chi connectivity index (χ3n) is 11.2. The summed E-state index contributed by atoms with van der Waals surface area (Å²) in [6, 6.07) is 78.1. The maximum Gasteiger partial charge on any atom is 0.143 e. The zero-order valence-corrected chi connectivity index (χ0v) is 31.1. The summed E-state index contributed by atoms with van der Waals surface area (Å²) in [4.78, 5) is 2.37. The van der Waals surface area contributed by atoms with Crippen LogP contribution in [-0.2, 0) is 0 Å². The number of hydrogen-bond acceptors (Lipinski definition) is 2. The van der Waals surface area contributed by atoms with Crippen molar-refractivity contribution in [3.63, 3.8) is 0 Å². The third kappa shape index (κ3) is 5.60. The third-order valence-corrected chi connectivity index (χ3v) is 11.2. The molecule has 0 saturated heterocycles. The van der Waals surface area contributed by atoms with Crippen molar-refractivity contribution in [3.05, 3.63) is 218 Å². The standard InChI is InChI=1S/C54H36N2O/c1-2-14-38(15-3-1)44-18-4-8-24-50(44)55(42-34-30-39(31-35-42)45-22-13-23-49-48-21-7-11-27-53(48)57-54(45)49)41-32-28-37(29-33-41)40-16-12-17-43(36-40)56-51-25-9-5-19-46(51)47-20-6-10-26-52(47)56/h1-36H. The van der Waals surface area contributed by atoms with Crippen molar-refractivity contribution in [3.8, 4) is 39.1 Å². The summed E-state index contributed by atoms with van der Waals surface area (Å²) in [5, 5.41) is 4.79. The number of anilines is 3. The van der Waals surface area contributed by atoms with Gasteiger partial charge in [0.2, 0.25) is 0 Å². The number of furan rings is 1. The second-order valence-electron chi connectivity index (χ2n) is 14.5. The molecule has 9 aromatic carbocycles. The molecule has 0 atom stereocenters. The van der Waals surface area contributed by atoms with Crippen LogP contribution in [0.25, 0.3) is 82.8 Å². The number of fused-ring (bicyclic) bond motifs is 6. The van der Waals surface area contributed by atoms with Crippen molar-refractivity contribution < 1.29 is 4.42 Å². The predicted molar refractivity (Wildman–Crippen MR) is 239 cm³/mol. The Morgan fingerprint density at radius 3 is 1.61 bits per heavy atom. The van der Waals surface area contributed by atoms with Gasteiger partial charge in [-0.1, -0.05) is 158 Å². The van der Waals surface area contributed by atoms with E-state index in [1.54, 1.807) is 0 Å². The molecule has 2 aromatic heterocycles. The van der Waals surface area contributed by atoms with Gasteiger partial charge in [0.25, 0.3) is 0 Å². The van der Waals surface area contributed by atoms with Crippen LogP contribution in [0.15, 0.2) is 223 Å². The summed E-state index contributed by atoms with van der Waals surface area (Å²) in [5.74, 6) is 0. The smallest absolute Gasteiger partial charge is 0.143 e. The van der Waals surface area contributed by atoms with Crippen molar-refractivity contribution in [2.45, 2.75) is 0 Å². The van der Waals surface area contributed by atoms with Crippen LogP contribution < -0.4 is 4.90 Å². The summed E-state index contributed by atoms with van der Waals surface area (Å²) < 4.78 is 8.80. The van der Waals surface area contributed by atoms with Gasteiger partial charge in [0, 0.05) is 49.7 Å². The van der Waals surface area contributed by atoms with E-state index in [-0.39, 0.29) is 0 Å². The Bertz CT molecular complexity index is 3170. The molecule has 0 spiro atoms. The van der Waals surface area contributed by atoms with Crippen LogP contribution in [0, 0.1) is 0 Å². The summed E-state index contributed by atoms with van der Waals surface area (Å²) in [7, 11) is 0. The van der Waals surface area contributed by atoms with Crippen LogP contribution in [0.5, 0.6) is 0 Å². The largest absolute Gasteiger partial charge is 0.455 e. The minimum atomic E-state index is 0.905. The van der Waals surface area contributed by atoms with Gasteiger partial charge in [0.1, 0.15) is 11.2 Å². The molecular weight excluding hydrogens is 693 g/mol. The van der Waals surface area contributed by atoms with Gasteiger partial charge >= 0.3 is 0 Å². The number of para-hydroxylation sites is 5. The first-order valence-corrected chi connectivity index (χ1v) is 19.4. The van der Waals surface area contributed by atoms with Crippen LogP contribution in [0.4, 0.5) is 17.1 Å². The highest BCUT2D eigenvalue weighted by molar-refractivity contribution is 6.10. The van der Waals surface area contributed by atoms with Crippen LogP contribution in [-0.4, -0.2) is 4.57 Å². The van der Waals surface area contributed by atoms with E-state index in [1.807, 2.05) is 12.1 Å². The molecule has 2 heterocycles. The molecule has 0 saturated carbocycles. The minimum Gasteiger partial charge on any atom is -0.455 e. The van der Waals surface area contributed by atoms with Gasteiger partial charge in [0.05, 0.1) is 16.7 Å². The van der Waals surface area contributed by atoms with Gasteiger partial charge in [-0.3, -0.25) is 0 Å². The predicted octanol–water partition coefficient (Wildman–Crippen LogP) is 15.2. The van der Waals surface area contributed by atoms with Gasteiger partial charge in [0.15, 0.2) is 0 Å². The summed E-state index contributed by atoms with van der Waals surface area (Å²) in [6.07, 6.45) is 0. The molecule has 0 fully saturated rings. The Hall–Kier alpha value is -7.62. The zero-order valence-electron chi connectivity index (χ0n) is 31.1. The highest BCUT2D eigenvalue weighted by Gasteiger charge is 2.19. The number of nitrogens with zero attached hydrogens (tertiary/aromatic N) is 2. The van der Waals surface area contributed by atoms with Crippen molar-refractivity contribution >= 4 is 60.8 Å². The normalized spacial score (nSPS) is 11.5. The summed E-state index contributed by atoms with van der Waals surface area (Å²) in [5.41, 5.74) is 15.5. The highest BCUT2D eigenvalue weighted by Crippen LogP contribution is 2.43. The minimum absolute atomic E-state index is 0.905. The Labute approximate surface area is 330 Å². The first-order chi connectivity index (χ1) is 28.3. The molecule has 57 heavy (non-hydrogen) atoms. The summed E-state index contributed by atoms with van der Waals surface area (Å²) >= 11 is 0. The molecule has 11 rings (SSSR count). The molecule has 0 amide bonds. The van der Waals surface area contributed by atoms with Gasteiger partial charge in [-0.25, -0.2) is 0 Å². The molecule has 0 unspecified atom stereocenters. The van der Waals surface area contributed by atoms with E-state index in [0.29, 0.717) is 0 Å². The summed E-state index contributed by atoms with van der Waals surface area (Å²) in [6.45, 7) is 0. The second kappa shape index (κ2) is 13.6. The first kappa shape index (κ1) is 32.8. The van der Waals surface area contributed by atoms with Crippen LogP contribution >= 0.6 is 0 Å².